The number of likely N-dealkylation sites (tertiary alicyclic amines) is 1. The molecule has 2 atom stereocenters. The van der Waals surface area contributed by atoms with Crippen LogP contribution in [0.1, 0.15) is 36.5 Å². The topological polar surface area (TPSA) is 43.2 Å². The van der Waals surface area contributed by atoms with Crippen LogP contribution in [0.3, 0.4) is 0 Å². The molecule has 0 saturated carbocycles. The lowest BCUT2D eigenvalue weighted by atomic mass is 9.77. The number of piperidine rings is 1. The number of pyridine rings is 1. The normalized spacial score (nSPS) is 24.6. The lowest BCUT2D eigenvalue weighted by Crippen LogP contribution is -2.50. The third-order valence-corrected chi connectivity index (χ3v) is 6.50. The van der Waals surface area contributed by atoms with Crippen molar-refractivity contribution in [2.24, 2.45) is 0 Å². The Balaban J connectivity index is 1.32. The standard InChI is InChI=1S/C23H25ClN4O/c1-17-13-23(21-12-20(24)6-5-19(21)7-11-29-23)8-10-27(17)15-18-14-26-28(16-18)22-4-2-3-9-25-22/h2-6,9,12,14,16-17H,7-8,10-11,13,15H2,1H3/t17-,23?/m0/s1. The molecule has 5 nitrogen and oxygen atoms in total. The maximum absolute atomic E-state index is 6.41. The summed E-state index contributed by atoms with van der Waals surface area (Å²) in [5, 5.41) is 5.28. The molecule has 4 heterocycles. The molecule has 1 fully saturated rings. The second-order valence-corrected chi connectivity index (χ2v) is 8.59. The number of nitrogens with zero attached hydrogens (tertiary/aromatic N) is 4. The van der Waals surface area contributed by atoms with Crippen molar-refractivity contribution < 1.29 is 4.74 Å². The molecule has 2 aliphatic heterocycles. The monoisotopic (exact) mass is 408 g/mol. The van der Waals surface area contributed by atoms with Crippen LogP contribution >= 0.6 is 11.6 Å². The van der Waals surface area contributed by atoms with Gasteiger partial charge in [0.1, 0.15) is 0 Å². The summed E-state index contributed by atoms with van der Waals surface area (Å²) >= 11 is 6.32. The smallest absolute Gasteiger partial charge is 0.153 e. The Morgan fingerprint density at radius 1 is 1.28 bits per heavy atom. The van der Waals surface area contributed by atoms with Gasteiger partial charge in [0.25, 0.3) is 0 Å². The van der Waals surface area contributed by atoms with Crippen LogP contribution in [-0.4, -0.2) is 38.9 Å². The van der Waals surface area contributed by atoms with Crippen LogP contribution in [0.4, 0.5) is 0 Å². The fourth-order valence-electron chi connectivity index (χ4n) is 4.78. The molecule has 150 valence electrons. The second-order valence-electron chi connectivity index (χ2n) is 8.15. The molecule has 0 amide bonds. The molecule has 1 aromatic carbocycles. The SMILES string of the molecule is C[C@H]1CC2(CCN1Cc1cnn(-c3ccccn3)c1)OCCc1ccc(Cl)cc12. The summed E-state index contributed by atoms with van der Waals surface area (Å²) in [6.07, 6.45) is 8.74. The summed E-state index contributed by atoms with van der Waals surface area (Å²) in [7, 11) is 0. The summed E-state index contributed by atoms with van der Waals surface area (Å²) < 4.78 is 8.25. The van der Waals surface area contributed by atoms with Crippen LogP contribution in [-0.2, 0) is 23.3 Å². The molecule has 1 spiro atoms. The molecule has 2 aromatic heterocycles. The van der Waals surface area contributed by atoms with Crippen molar-refractivity contribution in [2.75, 3.05) is 13.2 Å². The second kappa shape index (κ2) is 7.56. The van der Waals surface area contributed by atoms with E-state index in [4.69, 9.17) is 16.3 Å². The lowest BCUT2D eigenvalue weighted by Gasteiger charge is -2.48. The first kappa shape index (κ1) is 18.8. The van der Waals surface area contributed by atoms with Crippen molar-refractivity contribution in [1.29, 1.82) is 0 Å². The predicted octanol–water partition coefficient (Wildman–Crippen LogP) is 4.37. The first-order valence-corrected chi connectivity index (χ1v) is 10.6. The van der Waals surface area contributed by atoms with Crippen LogP contribution in [0.25, 0.3) is 5.82 Å². The highest BCUT2D eigenvalue weighted by molar-refractivity contribution is 6.30. The molecule has 29 heavy (non-hydrogen) atoms. The van der Waals surface area contributed by atoms with E-state index in [1.165, 1.54) is 16.7 Å². The van der Waals surface area contributed by atoms with Gasteiger partial charge >= 0.3 is 0 Å². The summed E-state index contributed by atoms with van der Waals surface area (Å²) in [4.78, 5) is 6.89. The molecule has 0 N–H and O–H groups in total. The van der Waals surface area contributed by atoms with Gasteiger partial charge in [-0.25, -0.2) is 9.67 Å². The maximum Gasteiger partial charge on any atom is 0.153 e. The van der Waals surface area contributed by atoms with Crippen molar-refractivity contribution in [3.05, 3.63) is 76.7 Å². The Labute approximate surface area is 176 Å². The van der Waals surface area contributed by atoms with E-state index in [1.807, 2.05) is 35.1 Å². The molecule has 0 bridgehead atoms. The van der Waals surface area contributed by atoms with Crippen molar-refractivity contribution in [3.8, 4) is 5.82 Å². The first-order valence-electron chi connectivity index (χ1n) is 10.2. The van der Waals surface area contributed by atoms with E-state index >= 15 is 0 Å². The Morgan fingerprint density at radius 3 is 3.03 bits per heavy atom. The third-order valence-electron chi connectivity index (χ3n) is 6.27. The van der Waals surface area contributed by atoms with Crippen molar-refractivity contribution in [1.82, 2.24) is 19.7 Å². The van der Waals surface area contributed by atoms with E-state index < -0.39 is 0 Å². The van der Waals surface area contributed by atoms with Gasteiger partial charge in [0.2, 0.25) is 0 Å². The largest absolute Gasteiger partial charge is 0.370 e. The van der Waals surface area contributed by atoms with Gasteiger partial charge < -0.3 is 4.74 Å². The molecule has 5 rings (SSSR count). The third kappa shape index (κ3) is 3.59. The molecule has 0 radical (unpaired) electrons. The highest BCUT2D eigenvalue weighted by Gasteiger charge is 2.43. The molecular weight excluding hydrogens is 384 g/mol. The lowest BCUT2D eigenvalue weighted by molar-refractivity contribution is -0.113. The summed E-state index contributed by atoms with van der Waals surface area (Å²) in [6.45, 7) is 4.96. The zero-order valence-corrected chi connectivity index (χ0v) is 17.3. The van der Waals surface area contributed by atoms with E-state index in [-0.39, 0.29) is 5.60 Å². The van der Waals surface area contributed by atoms with Crippen LogP contribution in [0.2, 0.25) is 5.02 Å². The number of rotatable bonds is 3. The quantitative estimate of drug-likeness (QED) is 0.645. The van der Waals surface area contributed by atoms with E-state index in [9.17, 15) is 0 Å². The van der Waals surface area contributed by atoms with Gasteiger partial charge in [0.15, 0.2) is 5.82 Å². The predicted molar refractivity (Wildman–Crippen MR) is 113 cm³/mol. The highest BCUT2D eigenvalue weighted by Crippen LogP contribution is 2.44. The van der Waals surface area contributed by atoms with Gasteiger partial charge in [-0.05, 0) is 61.6 Å². The summed E-state index contributed by atoms with van der Waals surface area (Å²) in [6, 6.07) is 12.6. The van der Waals surface area contributed by atoms with Crippen molar-refractivity contribution >= 4 is 11.6 Å². The average Bonchev–Trinajstić information content (AvgIpc) is 3.20. The van der Waals surface area contributed by atoms with Crippen LogP contribution in [0, 0.1) is 0 Å². The number of fused-ring (bicyclic) bond motifs is 2. The minimum atomic E-state index is -0.202. The summed E-state index contributed by atoms with van der Waals surface area (Å²) in [5.74, 6) is 0.841. The molecule has 0 aliphatic carbocycles. The average molecular weight is 409 g/mol. The Kier molecular flexibility index (Phi) is 4.90. The van der Waals surface area contributed by atoms with Gasteiger partial charge in [-0.15, -0.1) is 0 Å². The first-order chi connectivity index (χ1) is 14.1. The number of hydrogen-bond acceptors (Lipinski definition) is 4. The minimum Gasteiger partial charge on any atom is -0.370 e. The Hall–Kier alpha value is -2.21. The number of halogens is 1. The molecular formula is C23H25ClN4O. The van der Waals surface area contributed by atoms with Gasteiger partial charge in [-0.1, -0.05) is 23.7 Å². The van der Waals surface area contributed by atoms with Gasteiger partial charge in [-0.3, -0.25) is 4.90 Å². The van der Waals surface area contributed by atoms with Gasteiger partial charge in [-0.2, -0.15) is 5.10 Å². The number of aromatic nitrogens is 3. The molecule has 3 aromatic rings. The zero-order chi connectivity index (χ0) is 19.8. The fraction of sp³-hybridized carbons (Fsp3) is 0.391. The van der Waals surface area contributed by atoms with Gasteiger partial charge in [0, 0.05) is 42.1 Å². The fourth-order valence-corrected chi connectivity index (χ4v) is 4.95. The number of benzene rings is 1. The van der Waals surface area contributed by atoms with Crippen LogP contribution in [0.5, 0.6) is 0 Å². The minimum absolute atomic E-state index is 0.202. The van der Waals surface area contributed by atoms with E-state index in [0.29, 0.717) is 6.04 Å². The number of ether oxygens (including phenoxy) is 1. The van der Waals surface area contributed by atoms with Crippen LogP contribution in [0.15, 0.2) is 55.0 Å². The summed E-state index contributed by atoms with van der Waals surface area (Å²) in [5.41, 5.74) is 3.68. The highest BCUT2D eigenvalue weighted by atomic mass is 35.5. The van der Waals surface area contributed by atoms with Gasteiger partial charge in [0.05, 0.1) is 18.4 Å². The van der Waals surface area contributed by atoms with E-state index in [2.05, 4.69) is 40.2 Å². The van der Waals surface area contributed by atoms with E-state index in [0.717, 1.165) is 49.8 Å². The van der Waals surface area contributed by atoms with Crippen molar-refractivity contribution in [3.63, 3.8) is 0 Å². The zero-order valence-electron chi connectivity index (χ0n) is 16.6. The molecule has 2 aliphatic rings. The van der Waals surface area contributed by atoms with E-state index in [1.54, 1.807) is 6.20 Å². The van der Waals surface area contributed by atoms with Crippen LogP contribution < -0.4 is 0 Å². The maximum atomic E-state index is 6.41. The van der Waals surface area contributed by atoms with Crippen molar-refractivity contribution in [2.45, 2.75) is 44.4 Å². The Morgan fingerprint density at radius 2 is 2.21 bits per heavy atom. The molecule has 6 heteroatoms. The molecule has 1 unspecified atom stereocenters. The Bertz CT molecular complexity index is 1010. The number of hydrogen-bond donors (Lipinski definition) is 0. The molecule has 1 saturated heterocycles.